The minimum absolute atomic E-state index is 0.00935. The van der Waals surface area contributed by atoms with Crippen LogP contribution in [0.5, 0.6) is 0 Å². The van der Waals surface area contributed by atoms with Crippen LogP contribution in [0, 0.1) is 0 Å². The number of esters is 1. The Kier molecular flexibility index (Phi) is 15.0. The summed E-state index contributed by atoms with van der Waals surface area (Å²) in [5.41, 5.74) is 3.33. The average Bonchev–Trinajstić information content (AvgIpc) is 3.70. The number of aryl methyl sites for hydroxylation is 1. The van der Waals surface area contributed by atoms with E-state index >= 15 is 0 Å². The van der Waals surface area contributed by atoms with E-state index in [1.807, 2.05) is 54.6 Å². The maximum absolute atomic E-state index is 11.5. The lowest BCUT2D eigenvalue weighted by molar-refractivity contribution is -0.142. The summed E-state index contributed by atoms with van der Waals surface area (Å²) < 4.78 is 9.79. The molecular formula is C27H36B2N2O5. The van der Waals surface area contributed by atoms with Crippen LogP contribution in [0.2, 0.25) is 0 Å². The van der Waals surface area contributed by atoms with E-state index in [1.165, 1.54) is 24.7 Å². The van der Waals surface area contributed by atoms with Crippen LogP contribution in [0.1, 0.15) is 43.9 Å². The Bertz CT molecular complexity index is 922. The molecule has 0 aromatic heterocycles. The van der Waals surface area contributed by atoms with Crippen molar-refractivity contribution < 1.29 is 23.9 Å². The zero-order valence-electron chi connectivity index (χ0n) is 21.7. The molecule has 4 radical (unpaired) electrons. The summed E-state index contributed by atoms with van der Waals surface area (Å²) in [5.74, 6) is -1.74. The molecule has 3 atom stereocenters. The van der Waals surface area contributed by atoms with E-state index in [-0.39, 0.29) is 12.1 Å². The third kappa shape index (κ3) is 13.1. The van der Waals surface area contributed by atoms with Crippen molar-refractivity contribution in [3.05, 3.63) is 71.3 Å². The van der Waals surface area contributed by atoms with Gasteiger partial charge in [0.15, 0.2) is 11.6 Å². The number of ether oxygens (including phenoxy) is 2. The Hall–Kier alpha value is -3.06. The molecule has 2 unspecified atom stereocenters. The number of benzene rings is 2. The third-order valence-corrected chi connectivity index (χ3v) is 5.11. The minimum atomic E-state index is -0.750. The Morgan fingerprint density at radius 1 is 0.889 bits per heavy atom. The highest BCUT2D eigenvalue weighted by Crippen LogP contribution is 2.18. The number of carbonyl (C=O) groups is 3. The van der Waals surface area contributed by atoms with Crippen LogP contribution < -0.4 is 10.6 Å². The predicted molar refractivity (Wildman–Crippen MR) is 144 cm³/mol. The van der Waals surface area contributed by atoms with Gasteiger partial charge in [0.25, 0.3) is 0 Å². The van der Waals surface area contributed by atoms with Crippen molar-refractivity contribution in [1.29, 1.82) is 0 Å². The highest BCUT2D eigenvalue weighted by molar-refractivity contribution is 6.57. The van der Waals surface area contributed by atoms with Gasteiger partial charge in [-0.3, -0.25) is 9.59 Å². The molecule has 190 valence electrons. The minimum Gasteiger partial charge on any atom is -0.467 e. The number of nitrogens with one attached hydrogen (secondary N) is 2. The molecule has 9 heteroatoms. The van der Waals surface area contributed by atoms with Crippen LogP contribution in [-0.2, 0) is 33.5 Å². The molecule has 2 aromatic rings. The van der Waals surface area contributed by atoms with E-state index in [0.29, 0.717) is 13.0 Å². The number of amides is 2. The smallest absolute Gasteiger partial charge is 0.328 e. The number of carbonyl (C=O) groups excluding carboxylic acids is 3. The summed E-state index contributed by atoms with van der Waals surface area (Å²) in [4.78, 5) is 33.1. The van der Waals surface area contributed by atoms with E-state index in [0.717, 1.165) is 18.4 Å². The summed E-state index contributed by atoms with van der Waals surface area (Å²) in [5, 5.41) is 5.08. The number of hydrogen-bond acceptors (Lipinski definition) is 5. The lowest BCUT2D eigenvalue weighted by atomic mass is 10.0. The van der Waals surface area contributed by atoms with Gasteiger partial charge in [-0.25, -0.2) is 4.79 Å². The van der Waals surface area contributed by atoms with Crippen LogP contribution >= 0.6 is 0 Å². The standard InChI is InChI=1S/C13H16BNO3.C11H12BNO2.C3H8/c1-3-9-4-6-10(7-5-9)8-11(12(16)18-2)15-13(14)17;12-11(14)13-9(10-7-15-10)6-8-4-2-1-3-5-8;1-3-2/h4-7,11H,3,8H2,1-2H3,(H,15,17);1-5,9-10H,6-7H2,(H,13,14);3H2,1-2H3/t;9?,10-;/m.1./s1. The van der Waals surface area contributed by atoms with Crippen molar-refractivity contribution in [3.63, 3.8) is 0 Å². The van der Waals surface area contributed by atoms with Crippen LogP contribution in [0.4, 0.5) is 9.59 Å². The Morgan fingerprint density at radius 2 is 1.39 bits per heavy atom. The molecule has 36 heavy (non-hydrogen) atoms. The van der Waals surface area contributed by atoms with Gasteiger partial charge in [0.1, 0.15) is 12.1 Å². The van der Waals surface area contributed by atoms with Gasteiger partial charge in [-0.2, -0.15) is 0 Å². The van der Waals surface area contributed by atoms with E-state index in [2.05, 4.69) is 36.1 Å². The van der Waals surface area contributed by atoms with Gasteiger partial charge >= 0.3 is 5.97 Å². The topological polar surface area (TPSA) is 97.0 Å². The summed E-state index contributed by atoms with van der Waals surface area (Å²) in [6.45, 7) is 7.03. The lowest BCUT2D eigenvalue weighted by Crippen LogP contribution is -2.42. The van der Waals surface area contributed by atoms with Crippen LogP contribution in [0.15, 0.2) is 54.6 Å². The van der Waals surface area contributed by atoms with Crippen molar-refractivity contribution in [2.45, 2.75) is 64.6 Å². The fraction of sp³-hybridized carbons (Fsp3) is 0.444. The molecule has 0 bridgehead atoms. The molecule has 1 heterocycles. The quantitative estimate of drug-likeness (QED) is 0.319. The van der Waals surface area contributed by atoms with E-state index in [4.69, 9.17) is 20.4 Å². The fourth-order valence-electron chi connectivity index (χ4n) is 3.27. The van der Waals surface area contributed by atoms with Crippen LogP contribution in [-0.4, -0.2) is 65.2 Å². The monoisotopic (exact) mass is 490 g/mol. The van der Waals surface area contributed by atoms with Crippen LogP contribution in [0.25, 0.3) is 0 Å². The number of hydrogen-bond donors (Lipinski definition) is 2. The maximum Gasteiger partial charge on any atom is 0.328 e. The zero-order chi connectivity index (χ0) is 26.9. The largest absolute Gasteiger partial charge is 0.467 e. The summed E-state index contributed by atoms with van der Waals surface area (Å²) in [6.07, 6.45) is 3.45. The maximum atomic E-state index is 11.5. The molecule has 0 saturated carbocycles. The molecule has 2 N–H and O–H groups in total. The molecular weight excluding hydrogens is 454 g/mol. The summed E-state index contributed by atoms with van der Waals surface area (Å²) >= 11 is 0. The molecule has 7 nitrogen and oxygen atoms in total. The first kappa shape index (κ1) is 31.0. The molecule has 0 spiro atoms. The first-order chi connectivity index (χ1) is 17.2. The molecule has 1 fully saturated rings. The Balaban J connectivity index is 0.000000328. The molecule has 1 aliphatic rings. The highest BCUT2D eigenvalue weighted by Gasteiger charge is 2.33. The number of methoxy groups -OCH3 is 1. The van der Waals surface area contributed by atoms with Gasteiger partial charge in [0.05, 0.1) is 19.8 Å². The van der Waals surface area contributed by atoms with Gasteiger partial charge in [0.2, 0.25) is 15.7 Å². The first-order valence-corrected chi connectivity index (χ1v) is 12.2. The van der Waals surface area contributed by atoms with E-state index in [1.54, 1.807) is 0 Å². The molecule has 1 saturated heterocycles. The van der Waals surface area contributed by atoms with Gasteiger partial charge in [-0.15, -0.1) is 0 Å². The normalized spacial score (nSPS) is 14.9. The lowest BCUT2D eigenvalue weighted by Gasteiger charge is -2.15. The molecule has 3 rings (SSSR count). The van der Waals surface area contributed by atoms with Crippen molar-refractivity contribution >= 4 is 33.3 Å². The van der Waals surface area contributed by atoms with Crippen molar-refractivity contribution in [1.82, 2.24) is 10.6 Å². The SMILES string of the molecule is CCC.[B]C(=O)NC(Cc1ccc(CC)cc1)C(=O)OC.[B]C(=O)NC(Cc1ccccc1)[C@H]1CO1. The first-order valence-electron chi connectivity index (χ1n) is 12.2. The van der Waals surface area contributed by atoms with Crippen molar-refractivity contribution in [2.24, 2.45) is 0 Å². The summed E-state index contributed by atoms with van der Waals surface area (Å²) in [7, 11) is 11.4. The Morgan fingerprint density at radius 3 is 1.83 bits per heavy atom. The van der Waals surface area contributed by atoms with Crippen molar-refractivity contribution in [2.75, 3.05) is 13.7 Å². The molecule has 2 aromatic carbocycles. The van der Waals surface area contributed by atoms with E-state index < -0.39 is 23.6 Å². The van der Waals surface area contributed by atoms with Gasteiger partial charge in [-0.1, -0.05) is 81.8 Å². The van der Waals surface area contributed by atoms with Gasteiger partial charge < -0.3 is 20.1 Å². The third-order valence-electron chi connectivity index (χ3n) is 5.11. The second-order valence-corrected chi connectivity index (χ2v) is 8.34. The summed E-state index contributed by atoms with van der Waals surface area (Å²) in [6, 6.07) is 17.1. The number of rotatable bonds is 9. The van der Waals surface area contributed by atoms with E-state index in [9.17, 15) is 14.4 Å². The molecule has 0 aliphatic carbocycles. The Labute approximate surface area is 217 Å². The fourth-order valence-corrected chi connectivity index (χ4v) is 3.27. The van der Waals surface area contributed by atoms with Gasteiger partial charge in [0, 0.05) is 6.42 Å². The second-order valence-electron chi connectivity index (χ2n) is 8.34. The van der Waals surface area contributed by atoms with Crippen molar-refractivity contribution in [3.8, 4) is 0 Å². The number of epoxide rings is 1. The zero-order valence-corrected chi connectivity index (χ0v) is 21.7. The average molecular weight is 490 g/mol. The molecule has 2 amide bonds. The van der Waals surface area contributed by atoms with Crippen LogP contribution in [0.3, 0.4) is 0 Å². The molecule has 1 aliphatic heterocycles. The van der Waals surface area contributed by atoms with Gasteiger partial charge in [-0.05, 0) is 29.5 Å². The highest BCUT2D eigenvalue weighted by atomic mass is 16.6. The second kappa shape index (κ2) is 17.4. The predicted octanol–water partition coefficient (Wildman–Crippen LogP) is 3.50.